The largest absolute Gasteiger partial charge is 0.325 e. The normalized spacial score (nSPS) is 19.3. The molecular weight excluding hydrogens is 342 g/mol. The molecule has 3 rings (SSSR count). The Kier molecular flexibility index (Phi) is 4.99. The van der Waals surface area contributed by atoms with Crippen LogP contribution in [-0.2, 0) is 15.1 Å². The highest BCUT2D eigenvalue weighted by atomic mass is 16.2. The van der Waals surface area contributed by atoms with Gasteiger partial charge in [-0.2, -0.15) is 0 Å². The zero-order chi connectivity index (χ0) is 19.6. The van der Waals surface area contributed by atoms with Crippen molar-refractivity contribution in [2.45, 2.75) is 32.2 Å². The molecule has 0 radical (unpaired) electrons. The van der Waals surface area contributed by atoms with Crippen LogP contribution in [0.5, 0.6) is 0 Å². The van der Waals surface area contributed by atoms with Crippen LogP contribution in [0.1, 0.15) is 37.8 Å². The third kappa shape index (κ3) is 3.69. The zero-order valence-corrected chi connectivity index (χ0v) is 15.7. The molecule has 6 heteroatoms. The Bertz CT molecular complexity index is 862. The lowest BCUT2D eigenvalue weighted by Gasteiger charge is -2.22. The van der Waals surface area contributed by atoms with Gasteiger partial charge in [-0.15, -0.1) is 0 Å². The minimum Gasteiger partial charge on any atom is -0.325 e. The highest BCUT2D eigenvalue weighted by molar-refractivity contribution is 6.10. The molecule has 1 heterocycles. The van der Waals surface area contributed by atoms with Crippen molar-refractivity contribution < 1.29 is 14.4 Å². The van der Waals surface area contributed by atoms with Crippen LogP contribution >= 0.6 is 0 Å². The Labute approximate surface area is 158 Å². The number of urea groups is 1. The number of anilines is 1. The average Bonchev–Trinajstić information content (AvgIpc) is 2.86. The number of hydrogen-bond acceptors (Lipinski definition) is 3. The van der Waals surface area contributed by atoms with Crippen molar-refractivity contribution in [2.75, 3.05) is 11.9 Å². The van der Waals surface area contributed by atoms with Gasteiger partial charge in [0.25, 0.3) is 5.91 Å². The maximum Gasteiger partial charge on any atom is 0.325 e. The van der Waals surface area contributed by atoms with Crippen LogP contribution in [0.4, 0.5) is 10.5 Å². The fourth-order valence-electron chi connectivity index (χ4n) is 3.10. The van der Waals surface area contributed by atoms with Crippen LogP contribution in [0, 0.1) is 0 Å². The summed E-state index contributed by atoms with van der Waals surface area (Å²) < 4.78 is 0. The smallest absolute Gasteiger partial charge is 0.325 e. The summed E-state index contributed by atoms with van der Waals surface area (Å²) in [6.07, 6.45) is 0. The fourth-order valence-corrected chi connectivity index (χ4v) is 3.10. The molecule has 140 valence electrons. The van der Waals surface area contributed by atoms with Gasteiger partial charge in [0.15, 0.2) is 0 Å². The van der Waals surface area contributed by atoms with Gasteiger partial charge >= 0.3 is 6.03 Å². The molecule has 2 N–H and O–H groups in total. The number of nitrogens with zero attached hydrogens (tertiary/aromatic N) is 1. The minimum atomic E-state index is -1.18. The summed E-state index contributed by atoms with van der Waals surface area (Å²) in [4.78, 5) is 38.5. The predicted molar refractivity (Wildman–Crippen MR) is 103 cm³/mol. The molecule has 0 bridgehead atoms. The monoisotopic (exact) mass is 365 g/mol. The molecule has 0 aliphatic carbocycles. The Balaban J connectivity index is 1.74. The van der Waals surface area contributed by atoms with Crippen LogP contribution < -0.4 is 10.6 Å². The lowest BCUT2D eigenvalue weighted by atomic mass is 9.90. The van der Waals surface area contributed by atoms with E-state index in [0.29, 0.717) is 17.2 Å². The molecule has 2 aromatic rings. The molecule has 1 atom stereocenters. The van der Waals surface area contributed by atoms with Crippen LogP contribution in [0.2, 0.25) is 0 Å². The van der Waals surface area contributed by atoms with E-state index in [9.17, 15) is 14.4 Å². The Morgan fingerprint density at radius 2 is 1.70 bits per heavy atom. The first-order valence-corrected chi connectivity index (χ1v) is 8.90. The molecule has 0 aromatic heterocycles. The van der Waals surface area contributed by atoms with Crippen molar-refractivity contribution in [3.8, 4) is 0 Å². The van der Waals surface area contributed by atoms with Gasteiger partial charge in [0.05, 0.1) is 0 Å². The molecule has 6 nitrogen and oxygen atoms in total. The summed E-state index contributed by atoms with van der Waals surface area (Å²) in [7, 11) is 0. The molecule has 1 unspecified atom stereocenters. The molecule has 1 fully saturated rings. The number of nitrogens with one attached hydrogen (secondary N) is 2. The molecule has 1 saturated heterocycles. The van der Waals surface area contributed by atoms with Crippen molar-refractivity contribution >= 4 is 23.5 Å². The summed E-state index contributed by atoms with van der Waals surface area (Å²) in [6.45, 7) is 5.50. The van der Waals surface area contributed by atoms with Crippen LogP contribution in [-0.4, -0.2) is 29.3 Å². The molecule has 0 saturated carbocycles. The average molecular weight is 365 g/mol. The van der Waals surface area contributed by atoms with Crippen LogP contribution in [0.25, 0.3) is 0 Å². The summed E-state index contributed by atoms with van der Waals surface area (Å²) in [5.41, 5.74) is 1.27. The lowest BCUT2D eigenvalue weighted by molar-refractivity contribution is -0.133. The van der Waals surface area contributed by atoms with E-state index in [1.54, 1.807) is 31.2 Å². The molecule has 1 aliphatic heterocycles. The molecule has 2 aromatic carbocycles. The number of imide groups is 1. The highest BCUT2D eigenvalue weighted by Gasteiger charge is 2.49. The van der Waals surface area contributed by atoms with Gasteiger partial charge in [-0.1, -0.05) is 56.3 Å². The van der Waals surface area contributed by atoms with Gasteiger partial charge < -0.3 is 10.6 Å². The van der Waals surface area contributed by atoms with Crippen molar-refractivity contribution in [2.24, 2.45) is 0 Å². The Morgan fingerprint density at radius 1 is 1.07 bits per heavy atom. The number of carbonyl (C=O) groups excluding carboxylic acids is 3. The van der Waals surface area contributed by atoms with E-state index >= 15 is 0 Å². The van der Waals surface area contributed by atoms with Gasteiger partial charge in [-0.3, -0.25) is 14.5 Å². The summed E-state index contributed by atoms with van der Waals surface area (Å²) in [5.74, 6) is -0.490. The first-order chi connectivity index (χ1) is 12.8. The van der Waals surface area contributed by atoms with Crippen LogP contribution in [0.3, 0.4) is 0 Å². The summed E-state index contributed by atoms with van der Waals surface area (Å²) >= 11 is 0. The fraction of sp³-hybridized carbons (Fsp3) is 0.286. The van der Waals surface area contributed by atoms with Crippen molar-refractivity contribution in [3.63, 3.8) is 0 Å². The second-order valence-electron chi connectivity index (χ2n) is 7.14. The molecule has 0 spiro atoms. The minimum absolute atomic E-state index is 0.334. The second kappa shape index (κ2) is 7.23. The first kappa shape index (κ1) is 18.6. The number of benzene rings is 2. The third-order valence-electron chi connectivity index (χ3n) is 4.79. The van der Waals surface area contributed by atoms with E-state index < -0.39 is 23.4 Å². The maximum atomic E-state index is 12.9. The third-order valence-corrected chi connectivity index (χ3v) is 4.79. The van der Waals surface area contributed by atoms with E-state index in [-0.39, 0.29) is 6.54 Å². The van der Waals surface area contributed by atoms with E-state index in [1.165, 1.54) is 0 Å². The highest BCUT2D eigenvalue weighted by Crippen LogP contribution is 2.29. The molecule has 27 heavy (non-hydrogen) atoms. The SMILES string of the molecule is CC(C)c1ccc(C2(C)NC(=O)N(CC(=O)Nc3ccccc3)C2=O)cc1. The Hall–Kier alpha value is -3.15. The molecule has 4 amide bonds. The van der Waals surface area contributed by atoms with Gasteiger partial charge in [0.1, 0.15) is 12.1 Å². The zero-order valence-electron chi connectivity index (χ0n) is 15.7. The first-order valence-electron chi connectivity index (χ1n) is 8.90. The summed E-state index contributed by atoms with van der Waals surface area (Å²) in [5, 5.41) is 5.41. The predicted octanol–water partition coefficient (Wildman–Crippen LogP) is 3.22. The molecular formula is C21H23N3O3. The standard InChI is InChI=1S/C21H23N3O3/c1-14(2)15-9-11-16(12-10-15)21(3)19(26)24(20(27)23-21)13-18(25)22-17-7-5-4-6-8-17/h4-12,14H,13H2,1-3H3,(H,22,25)(H,23,27). The van der Waals surface area contributed by atoms with E-state index in [2.05, 4.69) is 24.5 Å². The second-order valence-corrected chi connectivity index (χ2v) is 7.14. The van der Waals surface area contributed by atoms with E-state index in [4.69, 9.17) is 0 Å². The van der Waals surface area contributed by atoms with Gasteiger partial charge in [0, 0.05) is 5.69 Å². The summed E-state index contributed by atoms with van der Waals surface area (Å²) in [6, 6.07) is 15.9. The number of hydrogen-bond donors (Lipinski definition) is 2. The number of amides is 4. The molecule has 1 aliphatic rings. The Morgan fingerprint density at radius 3 is 2.30 bits per heavy atom. The van der Waals surface area contributed by atoms with Gasteiger partial charge in [-0.05, 0) is 36.1 Å². The van der Waals surface area contributed by atoms with E-state index in [0.717, 1.165) is 10.5 Å². The van der Waals surface area contributed by atoms with Crippen LogP contribution in [0.15, 0.2) is 54.6 Å². The maximum absolute atomic E-state index is 12.9. The number of para-hydroxylation sites is 1. The number of rotatable bonds is 5. The van der Waals surface area contributed by atoms with Gasteiger partial charge in [0.2, 0.25) is 5.91 Å². The quantitative estimate of drug-likeness (QED) is 0.799. The van der Waals surface area contributed by atoms with Crippen molar-refractivity contribution in [3.05, 3.63) is 65.7 Å². The van der Waals surface area contributed by atoms with E-state index in [1.807, 2.05) is 30.3 Å². The topological polar surface area (TPSA) is 78.5 Å². The number of carbonyl (C=O) groups is 3. The van der Waals surface area contributed by atoms with Gasteiger partial charge in [-0.25, -0.2) is 4.79 Å². The van der Waals surface area contributed by atoms with Crippen molar-refractivity contribution in [1.82, 2.24) is 10.2 Å². The lowest BCUT2D eigenvalue weighted by Crippen LogP contribution is -2.42. The van der Waals surface area contributed by atoms with Crippen molar-refractivity contribution in [1.29, 1.82) is 0 Å².